The fourth-order valence-corrected chi connectivity index (χ4v) is 2.73. The molecule has 3 aromatic rings. The maximum atomic E-state index is 12.6. The van der Waals surface area contributed by atoms with Gasteiger partial charge in [0.1, 0.15) is 18.2 Å². The zero-order chi connectivity index (χ0) is 17.8. The van der Waals surface area contributed by atoms with Gasteiger partial charge in [-0.1, -0.05) is 37.1 Å². The molecule has 1 amide bonds. The molecule has 126 valence electrons. The minimum Gasteiger partial charge on any atom is -0.308 e. The summed E-state index contributed by atoms with van der Waals surface area (Å²) in [6.45, 7) is 2.10. The van der Waals surface area contributed by atoms with Crippen LogP contribution in [0.3, 0.4) is 0 Å². The van der Waals surface area contributed by atoms with Crippen LogP contribution in [0.2, 0.25) is 5.02 Å². The van der Waals surface area contributed by atoms with Crippen LogP contribution in [0.4, 0.5) is 5.82 Å². The molecule has 0 saturated carbocycles. The first-order valence-corrected chi connectivity index (χ1v) is 8.34. The molecule has 0 bridgehead atoms. The van der Waals surface area contributed by atoms with E-state index in [1.54, 1.807) is 34.7 Å². The van der Waals surface area contributed by atoms with Gasteiger partial charge in [-0.2, -0.15) is 5.26 Å². The maximum absolute atomic E-state index is 12.6. The molecule has 0 fully saturated rings. The van der Waals surface area contributed by atoms with E-state index in [1.807, 2.05) is 6.07 Å². The maximum Gasteiger partial charge on any atom is 0.258 e. The van der Waals surface area contributed by atoms with Gasteiger partial charge in [0, 0.05) is 11.8 Å². The number of aryl methyl sites for hydroxylation is 1. The van der Waals surface area contributed by atoms with Crippen LogP contribution in [-0.4, -0.2) is 20.3 Å². The number of aromatic nitrogens is 3. The smallest absolute Gasteiger partial charge is 0.258 e. The summed E-state index contributed by atoms with van der Waals surface area (Å²) in [6, 6.07) is 10.7. The Bertz CT molecular complexity index is 973. The van der Waals surface area contributed by atoms with E-state index in [2.05, 4.69) is 22.2 Å². The molecule has 3 rings (SSSR count). The summed E-state index contributed by atoms with van der Waals surface area (Å²) in [4.78, 5) is 21.1. The van der Waals surface area contributed by atoms with E-state index in [1.165, 1.54) is 6.33 Å². The van der Waals surface area contributed by atoms with Crippen molar-refractivity contribution in [3.8, 4) is 6.07 Å². The number of unbranched alkanes of at least 4 members (excludes halogenated alkanes) is 1. The second-order valence-electron chi connectivity index (χ2n) is 5.57. The molecular formula is C18H16ClN5O. The van der Waals surface area contributed by atoms with Crippen molar-refractivity contribution in [1.82, 2.24) is 14.4 Å². The number of halogens is 1. The third-order valence-corrected chi connectivity index (χ3v) is 4.14. The van der Waals surface area contributed by atoms with Crippen LogP contribution >= 0.6 is 11.6 Å². The fourth-order valence-electron chi connectivity index (χ4n) is 2.51. The van der Waals surface area contributed by atoms with E-state index >= 15 is 0 Å². The molecule has 0 saturated heterocycles. The van der Waals surface area contributed by atoms with Gasteiger partial charge in [-0.05, 0) is 25.0 Å². The summed E-state index contributed by atoms with van der Waals surface area (Å²) in [7, 11) is 0. The van der Waals surface area contributed by atoms with Gasteiger partial charge in [0.2, 0.25) is 0 Å². The van der Waals surface area contributed by atoms with Crippen LogP contribution in [-0.2, 0) is 6.42 Å². The minimum absolute atomic E-state index is 0.228. The monoisotopic (exact) mass is 353 g/mol. The Kier molecular flexibility index (Phi) is 4.96. The molecular weight excluding hydrogens is 338 g/mol. The molecule has 1 N–H and O–H groups in total. The highest BCUT2D eigenvalue weighted by molar-refractivity contribution is 6.34. The normalized spacial score (nSPS) is 10.6. The average Bonchev–Trinajstić information content (AvgIpc) is 3.03. The van der Waals surface area contributed by atoms with Crippen molar-refractivity contribution in [3.63, 3.8) is 0 Å². The van der Waals surface area contributed by atoms with Gasteiger partial charge in [-0.25, -0.2) is 9.97 Å². The first kappa shape index (κ1) is 16.9. The van der Waals surface area contributed by atoms with Crippen molar-refractivity contribution >= 4 is 29.0 Å². The van der Waals surface area contributed by atoms with Crippen molar-refractivity contribution in [2.75, 3.05) is 5.32 Å². The summed E-state index contributed by atoms with van der Waals surface area (Å²) < 4.78 is 1.60. The van der Waals surface area contributed by atoms with Gasteiger partial charge < -0.3 is 5.32 Å². The first-order valence-electron chi connectivity index (χ1n) is 7.97. The number of rotatable bonds is 5. The number of nitrogens with zero attached hydrogens (tertiary/aromatic N) is 4. The quantitative estimate of drug-likeness (QED) is 0.755. The average molecular weight is 354 g/mol. The van der Waals surface area contributed by atoms with Crippen LogP contribution in [0, 0.1) is 11.3 Å². The Morgan fingerprint density at radius 3 is 2.92 bits per heavy atom. The molecule has 0 spiro atoms. The van der Waals surface area contributed by atoms with Gasteiger partial charge in [-0.3, -0.25) is 9.20 Å². The van der Waals surface area contributed by atoms with Crippen molar-refractivity contribution in [1.29, 1.82) is 5.26 Å². The van der Waals surface area contributed by atoms with Crippen LogP contribution in [0.15, 0.2) is 36.7 Å². The molecule has 7 heteroatoms. The highest BCUT2D eigenvalue weighted by Gasteiger charge is 2.15. The number of hydrogen-bond donors (Lipinski definition) is 1. The van der Waals surface area contributed by atoms with Crippen LogP contribution in [0.1, 0.15) is 41.5 Å². The number of nitriles is 1. The number of hydrogen-bond acceptors (Lipinski definition) is 4. The first-order chi connectivity index (χ1) is 12.1. The predicted molar refractivity (Wildman–Crippen MR) is 95.7 cm³/mol. The number of carbonyl (C=O) groups excluding carboxylic acids is 1. The van der Waals surface area contributed by atoms with Gasteiger partial charge >= 0.3 is 0 Å². The van der Waals surface area contributed by atoms with Crippen LogP contribution in [0.5, 0.6) is 0 Å². The lowest BCUT2D eigenvalue weighted by molar-refractivity contribution is 0.102. The van der Waals surface area contributed by atoms with Crippen LogP contribution in [0.25, 0.3) is 5.65 Å². The molecule has 25 heavy (non-hydrogen) atoms. The summed E-state index contributed by atoms with van der Waals surface area (Å²) >= 11 is 6.09. The van der Waals surface area contributed by atoms with Crippen molar-refractivity contribution in [2.45, 2.75) is 26.2 Å². The highest BCUT2D eigenvalue weighted by atomic mass is 35.5. The molecule has 1 aromatic carbocycles. The fraction of sp³-hybridized carbons (Fsp3) is 0.222. The Balaban J connectivity index is 2.02. The molecule has 0 aliphatic rings. The third kappa shape index (κ3) is 3.47. The molecule has 2 aromatic heterocycles. The van der Waals surface area contributed by atoms with Crippen molar-refractivity contribution in [3.05, 3.63) is 58.6 Å². The van der Waals surface area contributed by atoms with E-state index in [0.717, 1.165) is 25.0 Å². The number of anilines is 1. The Hall–Kier alpha value is -2.91. The molecule has 0 atom stereocenters. The predicted octanol–water partition coefficient (Wildman–Crippen LogP) is 3.85. The standard InChI is InChI=1S/C18H16ClN5O/c1-2-3-6-12-9-16(24-11-21-15(10-20)17(24)22-12)23-18(25)13-7-4-5-8-14(13)19/h4-5,7-9,11H,2-3,6H2,1H3,(H,23,25). The lowest BCUT2D eigenvalue weighted by Gasteiger charge is -2.11. The number of amides is 1. The van der Waals surface area contributed by atoms with E-state index in [4.69, 9.17) is 11.6 Å². The lowest BCUT2D eigenvalue weighted by Crippen LogP contribution is -2.15. The molecule has 2 heterocycles. The topological polar surface area (TPSA) is 83.1 Å². The van der Waals surface area contributed by atoms with E-state index in [9.17, 15) is 10.1 Å². The van der Waals surface area contributed by atoms with Gasteiger partial charge in [0.25, 0.3) is 5.91 Å². The Morgan fingerprint density at radius 2 is 2.20 bits per heavy atom. The largest absolute Gasteiger partial charge is 0.308 e. The number of imidazole rings is 1. The second-order valence-corrected chi connectivity index (χ2v) is 5.98. The second kappa shape index (κ2) is 7.32. The van der Waals surface area contributed by atoms with Gasteiger partial charge in [0.15, 0.2) is 11.3 Å². The number of benzene rings is 1. The summed E-state index contributed by atoms with van der Waals surface area (Å²) in [5.41, 5.74) is 1.85. The number of nitrogens with one attached hydrogen (secondary N) is 1. The highest BCUT2D eigenvalue weighted by Crippen LogP contribution is 2.20. The van der Waals surface area contributed by atoms with Gasteiger partial charge in [-0.15, -0.1) is 0 Å². The van der Waals surface area contributed by atoms with Crippen molar-refractivity contribution < 1.29 is 4.79 Å². The molecule has 6 nitrogen and oxygen atoms in total. The van der Waals surface area contributed by atoms with E-state index < -0.39 is 0 Å². The van der Waals surface area contributed by atoms with Gasteiger partial charge in [0.05, 0.1) is 10.6 Å². The van der Waals surface area contributed by atoms with Crippen LogP contribution < -0.4 is 5.32 Å². The Labute approximate surface area is 150 Å². The molecule has 0 unspecified atom stereocenters. The van der Waals surface area contributed by atoms with Crippen molar-refractivity contribution in [2.24, 2.45) is 0 Å². The summed E-state index contributed by atoms with van der Waals surface area (Å²) in [5.74, 6) is 0.182. The minimum atomic E-state index is -0.327. The molecule has 0 aliphatic heterocycles. The van der Waals surface area contributed by atoms with E-state index in [0.29, 0.717) is 22.1 Å². The SMILES string of the molecule is CCCCc1cc(NC(=O)c2ccccc2Cl)n2cnc(C#N)c2n1. The zero-order valence-corrected chi connectivity index (χ0v) is 14.4. The number of fused-ring (bicyclic) bond motifs is 1. The Morgan fingerprint density at radius 1 is 1.40 bits per heavy atom. The molecule has 0 aliphatic carbocycles. The summed E-state index contributed by atoms with van der Waals surface area (Å²) in [6.07, 6.45) is 4.24. The van der Waals surface area contributed by atoms with E-state index in [-0.39, 0.29) is 11.6 Å². The third-order valence-electron chi connectivity index (χ3n) is 3.81. The zero-order valence-electron chi connectivity index (χ0n) is 13.7. The lowest BCUT2D eigenvalue weighted by atomic mass is 10.2. The molecule has 0 radical (unpaired) electrons. The number of carbonyl (C=O) groups is 1. The summed E-state index contributed by atoms with van der Waals surface area (Å²) in [5, 5.41) is 12.4.